The number of hydrogen-bond acceptors (Lipinski definition) is 3. The third kappa shape index (κ3) is 4.24. The number of carbonyl (C=O) groups excluding carboxylic acids is 1. The summed E-state index contributed by atoms with van der Waals surface area (Å²) in [5, 5.41) is 11.7. The standard InChI is InChI=1S/C16H16N4O2/c17-16(21)14-6-11-19(12-7-14)8-3-4-10-20-9-2-1-5-15(20)13-18-22/h1-7,9,11-13H,8,10H2,(H-,17,21)/p+2/b4-3+. The van der Waals surface area contributed by atoms with Gasteiger partial charge in [-0.2, -0.15) is 4.57 Å². The number of allylic oxidation sites excluding steroid dienone is 2. The largest absolute Gasteiger partial charge is 0.411 e. The number of aromatic nitrogens is 2. The van der Waals surface area contributed by atoms with Gasteiger partial charge in [0.25, 0.3) is 0 Å². The van der Waals surface area contributed by atoms with Gasteiger partial charge in [-0.1, -0.05) is 5.16 Å². The van der Waals surface area contributed by atoms with Crippen molar-refractivity contribution in [3.8, 4) is 0 Å². The summed E-state index contributed by atoms with van der Waals surface area (Å²) in [6.07, 6.45) is 11.0. The molecule has 0 saturated carbocycles. The Hall–Kier alpha value is -3.02. The van der Waals surface area contributed by atoms with E-state index in [0.29, 0.717) is 18.7 Å². The van der Waals surface area contributed by atoms with E-state index in [-0.39, 0.29) is 0 Å². The predicted molar refractivity (Wildman–Crippen MR) is 80.3 cm³/mol. The second-order valence-electron chi connectivity index (χ2n) is 4.64. The maximum absolute atomic E-state index is 11.0. The zero-order chi connectivity index (χ0) is 15.8. The van der Waals surface area contributed by atoms with Crippen LogP contribution in [0.4, 0.5) is 0 Å². The molecule has 0 atom stereocenters. The molecule has 1 amide bonds. The zero-order valence-electron chi connectivity index (χ0n) is 12.0. The highest BCUT2D eigenvalue weighted by atomic mass is 16.4. The molecule has 112 valence electrons. The molecule has 0 aromatic carbocycles. The van der Waals surface area contributed by atoms with E-state index in [9.17, 15) is 4.79 Å². The van der Waals surface area contributed by atoms with Gasteiger partial charge >= 0.3 is 0 Å². The minimum atomic E-state index is -0.429. The first-order valence-electron chi connectivity index (χ1n) is 6.80. The highest BCUT2D eigenvalue weighted by molar-refractivity contribution is 5.92. The monoisotopic (exact) mass is 298 g/mol. The number of rotatable bonds is 6. The van der Waals surface area contributed by atoms with Crippen molar-refractivity contribution in [1.82, 2.24) is 0 Å². The molecule has 2 heterocycles. The van der Waals surface area contributed by atoms with E-state index in [4.69, 9.17) is 10.9 Å². The van der Waals surface area contributed by atoms with E-state index in [1.54, 1.807) is 12.1 Å². The van der Waals surface area contributed by atoms with Crippen molar-refractivity contribution < 1.29 is 19.1 Å². The molecule has 0 aliphatic heterocycles. The van der Waals surface area contributed by atoms with E-state index in [0.717, 1.165) is 5.69 Å². The van der Waals surface area contributed by atoms with Crippen LogP contribution in [0.5, 0.6) is 0 Å². The van der Waals surface area contributed by atoms with Crippen LogP contribution in [-0.4, -0.2) is 17.3 Å². The minimum absolute atomic E-state index is 0.429. The van der Waals surface area contributed by atoms with Crippen LogP contribution >= 0.6 is 0 Å². The van der Waals surface area contributed by atoms with Gasteiger partial charge < -0.3 is 10.9 Å². The lowest BCUT2D eigenvalue weighted by Crippen LogP contribution is -2.37. The van der Waals surface area contributed by atoms with Gasteiger partial charge in [0.1, 0.15) is 6.21 Å². The molecule has 0 saturated heterocycles. The first kappa shape index (κ1) is 15.4. The second-order valence-corrected chi connectivity index (χ2v) is 4.64. The Labute approximate surface area is 128 Å². The molecule has 3 N–H and O–H groups in total. The normalized spacial score (nSPS) is 11.3. The number of hydrogen-bond donors (Lipinski definition) is 2. The molecule has 6 nitrogen and oxygen atoms in total. The van der Waals surface area contributed by atoms with Crippen molar-refractivity contribution in [1.29, 1.82) is 0 Å². The van der Waals surface area contributed by atoms with Crippen molar-refractivity contribution in [3.63, 3.8) is 0 Å². The van der Waals surface area contributed by atoms with Gasteiger partial charge in [-0.3, -0.25) is 4.79 Å². The third-order valence-corrected chi connectivity index (χ3v) is 3.13. The average Bonchev–Trinajstić information content (AvgIpc) is 2.53. The Balaban J connectivity index is 1.95. The van der Waals surface area contributed by atoms with Gasteiger partial charge in [-0.25, -0.2) is 4.57 Å². The number of nitrogens with two attached hydrogens (primary N) is 1. The third-order valence-electron chi connectivity index (χ3n) is 3.13. The SMILES string of the molecule is NC(=O)c1cc[n+](C/C=C/C[n+]2ccccc2/C=N\O)cc1. The second kappa shape index (κ2) is 7.68. The molecule has 6 heteroatoms. The van der Waals surface area contributed by atoms with Crippen LogP contribution < -0.4 is 14.9 Å². The van der Waals surface area contributed by atoms with Crippen LogP contribution in [0.25, 0.3) is 0 Å². The van der Waals surface area contributed by atoms with Gasteiger partial charge in [-0.05, 0) is 18.2 Å². The van der Waals surface area contributed by atoms with Crippen molar-refractivity contribution >= 4 is 12.1 Å². The summed E-state index contributed by atoms with van der Waals surface area (Å²) in [7, 11) is 0. The maximum Gasteiger partial charge on any atom is 0.249 e. The van der Waals surface area contributed by atoms with Crippen molar-refractivity contribution in [2.24, 2.45) is 10.9 Å². The summed E-state index contributed by atoms with van der Waals surface area (Å²) in [4.78, 5) is 11.0. The van der Waals surface area contributed by atoms with Crippen molar-refractivity contribution in [3.05, 3.63) is 72.3 Å². The number of oxime groups is 1. The smallest absolute Gasteiger partial charge is 0.249 e. The highest BCUT2D eigenvalue weighted by Crippen LogP contribution is 1.92. The molecule has 0 bridgehead atoms. The zero-order valence-corrected chi connectivity index (χ0v) is 12.0. The van der Waals surface area contributed by atoms with Crippen LogP contribution in [0, 0.1) is 0 Å². The average molecular weight is 298 g/mol. The van der Waals surface area contributed by atoms with E-state index >= 15 is 0 Å². The molecule has 0 unspecified atom stereocenters. The van der Waals surface area contributed by atoms with E-state index in [2.05, 4.69) is 5.16 Å². The molecular formula is C16H18N4O2+2. The van der Waals surface area contributed by atoms with Gasteiger partial charge in [-0.15, -0.1) is 0 Å². The summed E-state index contributed by atoms with van der Waals surface area (Å²) < 4.78 is 3.89. The Morgan fingerprint density at radius 2 is 1.86 bits per heavy atom. The number of pyridine rings is 2. The maximum atomic E-state index is 11.0. The molecule has 0 aliphatic carbocycles. The van der Waals surface area contributed by atoms with Crippen LogP contribution in [0.15, 0.2) is 66.2 Å². The first-order chi connectivity index (χ1) is 10.7. The topological polar surface area (TPSA) is 83.4 Å². The Morgan fingerprint density at radius 1 is 1.14 bits per heavy atom. The molecular weight excluding hydrogens is 280 g/mol. The van der Waals surface area contributed by atoms with Gasteiger partial charge in [0.05, 0.1) is 5.56 Å². The van der Waals surface area contributed by atoms with Gasteiger partial charge in [0.2, 0.25) is 11.6 Å². The fourth-order valence-corrected chi connectivity index (χ4v) is 1.96. The lowest BCUT2D eigenvalue weighted by atomic mass is 10.2. The number of primary amides is 1. The molecule has 2 aromatic rings. The first-order valence-corrected chi connectivity index (χ1v) is 6.80. The highest BCUT2D eigenvalue weighted by Gasteiger charge is 2.05. The summed E-state index contributed by atoms with van der Waals surface area (Å²) in [6, 6.07) is 9.05. The summed E-state index contributed by atoms with van der Waals surface area (Å²) in [5.74, 6) is -0.429. The molecule has 2 rings (SSSR count). The van der Waals surface area contributed by atoms with Crippen LogP contribution in [0.2, 0.25) is 0 Å². The molecule has 2 aromatic heterocycles. The quantitative estimate of drug-likeness (QED) is 0.266. The minimum Gasteiger partial charge on any atom is -0.411 e. The predicted octanol–water partition coefficient (Wildman–Crippen LogP) is 0.425. The molecule has 0 fully saturated rings. The number of carbonyl (C=O) groups is 1. The fourth-order valence-electron chi connectivity index (χ4n) is 1.96. The summed E-state index contributed by atoms with van der Waals surface area (Å²) in [5.41, 5.74) is 6.50. The Morgan fingerprint density at radius 3 is 2.55 bits per heavy atom. The fraction of sp³-hybridized carbons (Fsp3) is 0.125. The van der Waals surface area contributed by atoms with E-state index < -0.39 is 5.91 Å². The Kier molecular flexibility index (Phi) is 5.37. The van der Waals surface area contributed by atoms with Crippen LogP contribution in [0.1, 0.15) is 16.1 Å². The van der Waals surface area contributed by atoms with Gasteiger partial charge in [0.15, 0.2) is 31.7 Å². The van der Waals surface area contributed by atoms with E-state index in [1.165, 1.54) is 6.21 Å². The van der Waals surface area contributed by atoms with Crippen LogP contribution in [-0.2, 0) is 13.1 Å². The summed E-state index contributed by atoms with van der Waals surface area (Å²) in [6.45, 7) is 1.36. The molecule has 0 radical (unpaired) electrons. The van der Waals surface area contributed by atoms with Crippen LogP contribution in [0.3, 0.4) is 0 Å². The van der Waals surface area contributed by atoms with E-state index in [1.807, 2.05) is 58.1 Å². The summed E-state index contributed by atoms with van der Waals surface area (Å²) >= 11 is 0. The number of nitrogens with zero attached hydrogens (tertiary/aromatic N) is 3. The van der Waals surface area contributed by atoms with Gasteiger partial charge in [0, 0.05) is 24.3 Å². The Bertz CT molecular complexity index is 694. The molecule has 22 heavy (non-hydrogen) atoms. The van der Waals surface area contributed by atoms with Crippen molar-refractivity contribution in [2.45, 2.75) is 13.1 Å². The van der Waals surface area contributed by atoms with Crippen molar-refractivity contribution in [2.75, 3.05) is 0 Å². The lowest BCUT2D eigenvalue weighted by molar-refractivity contribution is -0.691. The molecule has 0 spiro atoms. The lowest BCUT2D eigenvalue weighted by Gasteiger charge is -1.96. The number of amides is 1. The molecule has 0 aliphatic rings.